The third-order valence-electron chi connectivity index (χ3n) is 30.1. The topological polar surface area (TPSA) is 631 Å². The zero-order chi connectivity index (χ0) is 92.7. The van der Waals surface area contributed by atoms with Crippen molar-refractivity contribution in [3.8, 4) is 0 Å². The molecule has 724 valence electrons. The number of hydrogen-bond acceptors (Lipinski definition) is 41. The van der Waals surface area contributed by atoms with E-state index in [4.69, 9.17) is 85.3 Å². The Morgan fingerprint density at radius 3 is 1.74 bits per heavy atom. The summed E-state index contributed by atoms with van der Waals surface area (Å²) in [5.74, 6) is -4.60. The van der Waals surface area contributed by atoms with Crippen LogP contribution in [0.3, 0.4) is 0 Å². The smallest absolute Gasteiger partial charge is 0.331 e. The Labute approximate surface area is 738 Å². The first-order valence-corrected chi connectivity index (χ1v) is 44.0. The van der Waals surface area contributed by atoms with Crippen LogP contribution in [0.5, 0.6) is 0 Å². The SMILES string of the molecule is CC(=O)N[C@H]1[C@H](O[C@H]2CC[C@]3(C)[C@H]4CC=C5[C@@H]6CC(C)(C)CC[C@]6(C(=O)O[C@@H]6O[C@H](COC(C)=O)[C@@H](O[C@@H]7OC[C@@H](O)[C@H](O)[C@H]7OC(=O)C=Cc7ccccc7)[C@H](O)[C@H]6O[C@@H]6OC[C@@H](O)[C@H](O[C@@H]7OC[C@](O)(CO)[C@H]7O)[C@H]6O)[C@H](O)C[C@@]5(C)[C@]4(C)CC[C@H]3C2(C)C)O[C@H](CO[C@@H]2OC[C@H](O)[C@H](O[C@@H]3OC[C@H](O)[C@H](O)[C@H]3O)[C@H]2O)[C@@H](O[C@@H]2O[C@H](CO)[C@@H](O)[C@H](O)[C@H]2O)[C@@H]1O. The molecule has 13 aliphatic rings. The molecule has 5 aliphatic carbocycles. The molecule has 0 bridgehead atoms. The minimum Gasteiger partial charge on any atom is -0.463 e. The largest absolute Gasteiger partial charge is 0.463 e. The number of amides is 1. The van der Waals surface area contributed by atoms with E-state index in [1.165, 1.54) is 13.0 Å². The molecule has 8 heterocycles. The number of ether oxygens (including phenoxy) is 18. The van der Waals surface area contributed by atoms with Crippen molar-refractivity contribution in [3.05, 3.63) is 53.6 Å². The molecule has 1 aromatic carbocycles. The van der Waals surface area contributed by atoms with Crippen LogP contribution in [-0.2, 0) is 104 Å². The van der Waals surface area contributed by atoms with E-state index in [2.05, 4.69) is 59.9 Å². The lowest BCUT2D eigenvalue weighted by Gasteiger charge is -2.72. The maximum Gasteiger partial charge on any atom is 0.331 e. The van der Waals surface area contributed by atoms with Gasteiger partial charge in [0.25, 0.3) is 0 Å². The van der Waals surface area contributed by atoms with Crippen molar-refractivity contribution in [1.82, 2.24) is 5.32 Å². The minimum atomic E-state index is -2.22. The van der Waals surface area contributed by atoms with Crippen LogP contribution < -0.4 is 5.32 Å². The highest BCUT2D eigenvalue weighted by atomic mass is 16.8. The van der Waals surface area contributed by atoms with Crippen molar-refractivity contribution in [2.24, 2.45) is 50.2 Å². The van der Waals surface area contributed by atoms with Gasteiger partial charge < -0.3 is 188 Å². The van der Waals surface area contributed by atoms with Gasteiger partial charge in [0.15, 0.2) is 56.2 Å². The lowest BCUT2D eigenvalue weighted by molar-refractivity contribution is -0.377. The van der Waals surface area contributed by atoms with Gasteiger partial charge in [-0.2, -0.15) is 0 Å². The molecule has 42 heteroatoms. The van der Waals surface area contributed by atoms with Crippen LogP contribution >= 0.6 is 0 Å². The minimum absolute atomic E-state index is 0.0137. The third-order valence-corrected chi connectivity index (χ3v) is 30.1. The number of hydrogen-bond donors (Lipinski definition) is 20. The van der Waals surface area contributed by atoms with E-state index in [0.29, 0.717) is 50.5 Å². The van der Waals surface area contributed by atoms with Crippen LogP contribution in [0, 0.1) is 50.2 Å². The maximum absolute atomic E-state index is 16.4. The lowest BCUT2D eigenvalue weighted by atomic mass is 9.33. The van der Waals surface area contributed by atoms with Crippen LogP contribution in [0.2, 0.25) is 0 Å². The molecular formula is C86H129NO41. The second-order valence-electron chi connectivity index (χ2n) is 39.1. The standard InChI is InChI=1S/C86H129NO41/c1-36(90)87-53-57(101)66(125-75-60(104)58(102)56(100)45(27-88)118-75)47(33-116-72-62(106)64(43(94)30-112-72)123-73-59(103)54(98)41(92)28-113-73)119-71(53)121-51-20-21-82(7)48(81(51,5)6)19-22-83(8)49(82)17-16-39-40-25-80(3,4)23-24-86(40,50(96)26-84(39,83)9)79(109)128-77-69(127-74-63(107)65(44(95)31-114-74)124-78-70(108)85(110,34-89)35-117-78)61(105)67(46(120-77)32-111-37(2)91)126-76-68(55(99)42(93)29-115-76)122-52(97)18-15-38-13-11-10-12-14-38/h10-16,18,40-51,53-78,88-89,92-96,98-108,110H,17,19-35H2,1-9H3,(H,87,90)/t40-,41-,42+,43-,44+,45+,46+,47+,48-,49+,50+,51-,53+,54-,55-,56+,57+,58-,59+,60+,61-,62+,63+,64-,65-,66+,67+,68+,69+,70-,71-,72-,73-,74-,75-,76-,77-,78-,82-,83+,84+,85+,86+/m0/s1. The van der Waals surface area contributed by atoms with Gasteiger partial charge in [-0.05, 0) is 114 Å². The third kappa shape index (κ3) is 18.9. The van der Waals surface area contributed by atoms with Gasteiger partial charge >= 0.3 is 17.9 Å². The number of aliphatic hydroxyl groups excluding tert-OH is 18. The summed E-state index contributed by atoms with van der Waals surface area (Å²) in [5.41, 5.74) is -5.77. The summed E-state index contributed by atoms with van der Waals surface area (Å²) in [6, 6.07) is 7.12. The van der Waals surface area contributed by atoms with E-state index < -0.39 is 342 Å². The Bertz CT molecular complexity index is 4020. The van der Waals surface area contributed by atoms with Crippen molar-refractivity contribution in [3.63, 3.8) is 0 Å². The number of rotatable bonds is 25. The Morgan fingerprint density at radius 2 is 1.09 bits per heavy atom. The fourth-order valence-electron chi connectivity index (χ4n) is 22.7. The predicted molar refractivity (Wildman–Crippen MR) is 425 cm³/mol. The average molecular weight is 1830 g/mol. The molecule has 8 aliphatic heterocycles. The van der Waals surface area contributed by atoms with Crippen LogP contribution in [0.25, 0.3) is 6.08 Å². The molecule has 20 N–H and O–H groups in total. The van der Waals surface area contributed by atoms with E-state index in [1.54, 1.807) is 30.3 Å². The van der Waals surface area contributed by atoms with Crippen LogP contribution in [-0.4, -0.2) is 401 Å². The predicted octanol–water partition coefficient (Wildman–Crippen LogP) is -5.59. The molecule has 43 atom stereocenters. The van der Waals surface area contributed by atoms with Crippen molar-refractivity contribution >= 4 is 29.9 Å². The van der Waals surface area contributed by atoms with Gasteiger partial charge in [0.2, 0.25) is 12.2 Å². The van der Waals surface area contributed by atoms with Crippen molar-refractivity contribution in [2.45, 2.75) is 341 Å². The van der Waals surface area contributed by atoms with Gasteiger partial charge in [-0.25, -0.2) is 4.79 Å². The van der Waals surface area contributed by atoms with Crippen molar-refractivity contribution < 1.29 is 201 Å². The highest BCUT2D eigenvalue weighted by Crippen LogP contribution is 2.76. The summed E-state index contributed by atoms with van der Waals surface area (Å²) in [6.07, 6.45) is -52.2. The lowest BCUT2D eigenvalue weighted by Crippen LogP contribution is -2.69. The molecule has 42 nitrogen and oxygen atoms in total. The maximum atomic E-state index is 16.4. The molecule has 0 aromatic heterocycles. The monoisotopic (exact) mass is 1830 g/mol. The molecule has 12 fully saturated rings. The van der Waals surface area contributed by atoms with E-state index in [9.17, 15) is 111 Å². The fourth-order valence-corrected chi connectivity index (χ4v) is 22.7. The summed E-state index contributed by atoms with van der Waals surface area (Å²) in [6.45, 7) is 10.9. The van der Waals surface area contributed by atoms with Crippen LogP contribution in [0.4, 0.5) is 0 Å². The summed E-state index contributed by atoms with van der Waals surface area (Å²) in [7, 11) is 0. The molecule has 1 amide bonds. The van der Waals surface area contributed by atoms with Gasteiger partial charge in [-0.15, -0.1) is 0 Å². The number of nitrogens with one attached hydrogen (secondary N) is 1. The number of allylic oxidation sites excluding steroid dienone is 2. The molecular weight excluding hydrogens is 1700 g/mol. The molecule has 128 heavy (non-hydrogen) atoms. The molecule has 0 spiro atoms. The first-order valence-electron chi connectivity index (χ1n) is 44.0. The summed E-state index contributed by atoms with van der Waals surface area (Å²) in [4.78, 5) is 56.2. The van der Waals surface area contributed by atoms with Crippen LogP contribution in [0.1, 0.15) is 126 Å². The van der Waals surface area contributed by atoms with E-state index in [-0.39, 0.29) is 24.7 Å². The van der Waals surface area contributed by atoms with Gasteiger partial charge in [0.1, 0.15) is 158 Å². The Hall–Kier alpha value is -4.78. The van der Waals surface area contributed by atoms with E-state index >= 15 is 4.79 Å². The van der Waals surface area contributed by atoms with Gasteiger partial charge in [-0.1, -0.05) is 90.4 Å². The van der Waals surface area contributed by atoms with Gasteiger partial charge in [0, 0.05) is 19.9 Å². The van der Waals surface area contributed by atoms with Gasteiger partial charge in [-0.3, -0.25) is 14.4 Å². The number of fused-ring (bicyclic) bond motifs is 7. The Kier molecular flexibility index (Phi) is 30.3. The first kappa shape index (κ1) is 99.2. The van der Waals surface area contributed by atoms with Crippen LogP contribution in [0.15, 0.2) is 48.1 Å². The van der Waals surface area contributed by atoms with E-state index in [0.717, 1.165) is 18.6 Å². The van der Waals surface area contributed by atoms with Crippen molar-refractivity contribution in [1.29, 1.82) is 0 Å². The number of aliphatic hydroxyl groups is 19. The number of esters is 3. The Morgan fingerprint density at radius 1 is 0.508 bits per heavy atom. The molecule has 14 rings (SSSR count). The summed E-state index contributed by atoms with van der Waals surface area (Å²) in [5, 5.41) is 217. The summed E-state index contributed by atoms with van der Waals surface area (Å²) >= 11 is 0. The normalized spacial score (nSPS) is 48.9. The van der Waals surface area contributed by atoms with E-state index in [1.807, 2.05) is 0 Å². The van der Waals surface area contributed by atoms with Gasteiger partial charge in [0.05, 0.1) is 65.1 Å². The zero-order valence-corrected chi connectivity index (χ0v) is 72.8. The second kappa shape index (κ2) is 39.1. The molecule has 4 saturated carbocycles. The highest BCUT2D eigenvalue weighted by Gasteiger charge is 2.73. The quantitative estimate of drug-likeness (QED) is 0.0143. The molecule has 1 aromatic rings. The molecule has 0 unspecified atom stereocenters. The zero-order valence-electron chi connectivity index (χ0n) is 72.8. The first-order chi connectivity index (χ1) is 60.3. The fraction of sp³-hybridized carbons (Fsp3) is 0.837. The molecule has 0 radical (unpaired) electrons. The average Bonchev–Trinajstić information content (AvgIpc) is 0.712. The Balaban J connectivity index is 0.737. The number of benzene rings is 1. The van der Waals surface area contributed by atoms with Crippen molar-refractivity contribution in [2.75, 3.05) is 59.5 Å². The second-order valence-corrected chi connectivity index (χ2v) is 39.1. The number of carbonyl (C=O) groups is 4. The summed E-state index contributed by atoms with van der Waals surface area (Å²) < 4.78 is 109. The highest BCUT2D eigenvalue weighted by molar-refractivity contribution is 5.87. The molecule has 8 saturated heterocycles. The number of carbonyl (C=O) groups excluding carboxylic acids is 4.